The Morgan fingerprint density at radius 2 is 1.77 bits per heavy atom. The average molecular weight is 497 g/mol. The predicted octanol–water partition coefficient (Wildman–Crippen LogP) is 2.05. The summed E-state index contributed by atoms with van der Waals surface area (Å²) in [5, 5.41) is 9.63. The van der Waals surface area contributed by atoms with Gasteiger partial charge in [-0.2, -0.15) is 0 Å². The van der Waals surface area contributed by atoms with Gasteiger partial charge < -0.3 is 20.6 Å². The van der Waals surface area contributed by atoms with E-state index in [0.717, 1.165) is 73.0 Å². The molecule has 3 aromatic heterocycles. The molecule has 5 rings (SSSR count). The summed E-state index contributed by atoms with van der Waals surface area (Å²) in [6.45, 7) is 9.10. The summed E-state index contributed by atoms with van der Waals surface area (Å²) in [4.78, 5) is 38.2. The second kappa shape index (κ2) is 10.00. The lowest BCUT2D eigenvalue weighted by molar-refractivity contribution is -0.141. The average Bonchev–Trinajstić information content (AvgIpc) is 3.19. The van der Waals surface area contributed by atoms with Gasteiger partial charge in [0.15, 0.2) is 0 Å². The van der Waals surface area contributed by atoms with Gasteiger partial charge in [0.2, 0.25) is 11.9 Å². The molecule has 0 radical (unpaired) electrons. The van der Waals surface area contributed by atoms with Crippen LogP contribution in [0.2, 0.25) is 0 Å². The number of nitrogens with zero attached hydrogens (tertiary/aromatic N) is 7. The number of piperidine rings is 1. The van der Waals surface area contributed by atoms with Crippen LogP contribution in [-0.4, -0.2) is 86.1 Å². The summed E-state index contributed by atoms with van der Waals surface area (Å²) >= 11 is 1.70. The van der Waals surface area contributed by atoms with Crippen LogP contribution in [0, 0.1) is 6.92 Å². The van der Waals surface area contributed by atoms with E-state index in [-0.39, 0.29) is 11.9 Å². The number of fused-ring (bicyclic) bond motifs is 1. The first-order valence-electron chi connectivity index (χ1n) is 12.2. The monoisotopic (exact) mass is 496 g/mol. The minimum Gasteiger partial charge on any atom is -0.384 e. The number of amides is 1. The molecule has 0 aromatic carbocycles. The zero-order chi connectivity index (χ0) is 24.5. The van der Waals surface area contributed by atoms with Crippen molar-refractivity contribution in [3.05, 3.63) is 22.8 Å². The van der Waals surface area contributed by atoms with E-state index in [1.807, 2.05) is 0 Å². The fourth-order valence-electron chi connectivity index (χ4n) is 4.81. The largest absolute Gasteiger partial charge is 0.384 e. The first-order valence-corrected chi connectivity index (χ1v) is 13.0. The molecular weight excluding hydrogens is 464 g/mol. The third kappa shape index (κ3) is 4.93. The van der Waals surface area contributed by atoms with Crippen LogP contribution in [0.3, 0.4) is 0 Å². The van der Waals surface area contributed by atoms with Crippen LogP contribution in [0.5, 0.6) is 0 Å². The second-order valence-electron chi connectivity index (χ2n) is 9.34. The van der Waals surface area contributed by atoms with Crippen molar-refractivity contribution in [2.45, 2.75) is 45.8 Å². The minimum atomic E-state index is -0.953. The molecular formula is C24H32N8O2S. The number of aliphatic hydroxyl groups is 1. The predicted molar refractivity (Wildman–Crippen MR) is 137 cm³/mol. The van der Waals surface area contributed by atoms with Crippen LogP contribution >= 0.6 is 11.3 Å². The summed E-state index contributed by atoms with van der Waals surface area (Å²) in [5.74, 6) is 0.804. The Bertz CT molecular complexity index is 1200. The molecule has 35 heavy (non-hydrogen) atoms. The number of piperazine rings is 1. The second-order valence-corrected chi connectivity index (χ2v) is 10.6. The summed E-state index contributed by atoms with van der Waals surface area (Å²) in [6, 6.07) is 0. The molecule has 0 bridgehead atoms. The van der Waals surface area contributed by atoms with Crippen LogP contribution in [-0.2, 0) is 11.3 Å². The van der Waals surface area contributed by atoms with Crippen molar-refractivity contribution in [2.75, 3.05) is 49.9 Å². The standard InChI is InChI=1S/C24H32N8O2S/c1-15(33)22(34)31-10-8-30(9-11-31)14-18-16(2)35-21-19(17-12-26-23(25)27-13-17)28-24(29-20(18)21)32-6-4-3-5-7-32/h12-13,15,33H,3-11,14H2,1-2H3,(H2,25,26,27)/t15-/m1/s1. The Labute approximate surface area is 208 Å². The van der Waals surface area contributed by atoms with E-state index >= 15 is 0 Å². The lowest BCUT2D eigenvalue weighted by Gasteiger charge is -2.35. The molecule has 2 fully saturated rings. The number of carbonyl (C=O) groups is 1. The molecule has 5 heterocycles. The number of hydrogen-bond acceptors (Lipinski definition) is 10. The molecule has 2 aliphatic heterocycles. The molecule has 2 aliphatic rings. The molecule has 0 saturated carbocycles. The number of thiophene rings is 1. The van der Waals surface area contributed by atoms with Crippen molar-refractivity contribution in [2.24, 2.45) is 0 Å². The molecule has 0 unspecified atom stereocenters. The van der Waals surface area contributed by atoms with E-state index < -0.39 is 6.10 Å². The van der Waals surface area contributed by atoms with E-state index in [9.17, 15) is 9.90 Å². The van der Waals surface area contributed by atoms with E-state index in [1.54, 1.807) is 28.6 Å². The smallest absolute Gasteiger partial charge is 0.251 e. The summed E-state index contributed by atoms with van der Waals surface area (Å²) in [7, 11) is 0. The fourth-order valence-corrected chi connectivity index (χ4v) is 5.93. The zero-order valence-corrected chi connectivity index (χ0v) is 21.1. The highest BCUT2D eigenvalue weighted by Gasteiger charge is 2.26. The van der Waals surface area contributed by atoms with Gasteiger partial charge in [-0.25, -0.2) is 19.9 Å². The number of rotatable bonds is 5. The van der Waals surface area contributed by atoms with Crippen molar-refractivity contribution >= 4 is 39.4 Å². The van der Waals surface area contributed by atoms with Crippen LogP contribution in [0.4, 0.5) is 11.9 Å². The number of nitrogen functional groups attached to an aromatic ring is 1. The topological polar surface area (TPSA) is 125 Å². The normalized spacial score (nSPS) is 18.3. The van der Waals surface area contributed by atoms with Crippen molar-refractivity contribution in [1.82, 2.24) is 29.7 Å². The Morgan fingerprint density at radius 1 is 1.09 bits per heavy atom. The van der Waals surface area contributed by atoms with Gasteiger partial charge in [-0.3, -0.25) is 9.69 Å². The third-order valence-corrected chi connectivity index (χ3v) is 7.97. The van der Waals surface area contributed by atoms with E-state index in [0.29, 0.717) is 13.1 Å². The Hall–Kier alpha value is -2.89. The van der Waals surface area contributed by atoms with Crippen molar-refractivity contribution in [3.8, 4) is 11.3 Å². The highest BCUT2D eigenvalue weighted by molar-refractivity contribution is 7.19. The van der Waals surface area contributed by atoms with Gasteiger partial charge in [-0.15, -0.1) is 11.3 Å². The highest BCUT2D eigenvalue weighted by atomic mass is 32.1. The van der Waals surface area contributed by atoms with E-state index in [1.165, 1.54) is 23.8 Å². The molecule has 0 spiro atoms. The Morgan fingerprint density at radius 3 is 2.43 bits per heavy atom. The van der Waals surface area contributed by atoms with E-state index in [2.05, 4.69) is 26.7 Å². The van der Waals surface area contributed by atoms with Gasteiger partial charge in [-0.05, 0) is 33.1 Å². The highest BCUT2D eigenvalue weighted by Crippen LogP contribution is 2.38. The Balaban J connectivity index is 1.49. The maximum atomic E-state index is 12.2. The van der Waals surface area contributed by atoms with Crippen molar-refractivity contribution < 1.29 is 9.90 Å². The maximum absolute atomic E-state index is 12.2. The van der Waals surface area contributed by atoms with Crippen molar-refractivity contribution in [1.29, 1.82) is 0 Å². The number of aryl methyl sites for hydroxylation is 1. The lowest BCUT2D eigenvalue weighted by atomic mass is 10.1. The Kier molecular flexibility index (Phi) is 6.81. The SMILES string of the molecule is Cc1sc2c(-c3cnc(N)nc3)nc(N3CCCCC3)nc2c1CN1CCN(C(=O)[C@@H](C)O)CC1. The quantitative estimate of drug-likeness (QED) is 0.546. The van der Waals surface area contributed by atoms with Gasteiger partial charge in [0, 0.05) is 74.2 Å². The molecule has 1 amide bonds. The molecule has 3 N–H and O–H groups in total. The minimum absolute atomic E-state index is 0.198. The van der Waals surface area contributed by atoms with Crippen LogP contribution in [0.25, 0.3) is 21.5 Å². The van der Waals surface area contributed by atoms with Gasteiger partial charge in [0.05, 0.1) is 15.9 Å². The first kappa shape index (κ1) is 23.8. The maximum Gasteiger partial charge on any atom is 0.251 e. The van der Waals surface area contributed by atoms with Gasteiger partial charge >= 0.3 is 0 Å². The summed E-state index contributed by atoms with van der Waals surface area (Å²) < 4.78 is 1.04. The summed E-state index contributed by atoms with van der Waals surface area (Å²) in [6.07, 6.45) is 6.04. The number of aliphatic hydroxyl groups excluding tert-OH is 1. The number of carbonyl (C=O) groups excluding carboxylic acids is 1. The van der Waals surface area contributed by atoms with Crippen LogP contribution < -0.4 is 10.6 Å². The molecule has 2 saturated heterocycles. The number of nitrogens with two attached hydrogens (primary N) is 1. The third-order valence-electron chi connectivity index (χ3n) is 6.83. The number of hydrogen-bond donors (Lipinski definition) is 2. The number of anilines is 2. The first-order chi connectivity index (χ1) is 16.9. The van der Waals surface area contributed by atoms with E-state index in [4.69, 9.17) is 15.7 Å². The molecule has 3 aromatic rings. The van der Waals surface area contributed by atoms with Crippen LogP contribution in [0.15, 0.2) is 12.4 Å². The van der Waals surface area contributed by atoms with Gasteiger partial charge in [0.25, 0.3) is 5.91 Å². The fraction of sp³-hybridized carbons (Fsp3) is 0.542. The van der Waals surface area contributed by atoms with Gasteiger partial charge in [-0.1, -0.05) is 0 Å². The number of aromatic nitrogens is 4. The molecule has 10 nitrogen and oxygen atoms in total. The summed E-state index contributed by atoms with van der Waals surface area (Å²) in [5.41, 5.74) is 9.61. The lowest BCUT2D eigenvalue weighted by Crippen LogP contribution is -2.50. The van der Waals surface area contributed by atoms with Crippen LogP contribution in [0.1, 0.15) is 36.6 Å². The molecule has 1 atom stereocenters. The molecule has 186 valence electrons. The van der Waals surface area contributed by atoms with Gasteiger partial charge in [0.1, 0.15) is 6.10 Å². The zero-order valence-electron chi connectivity index (χ0n) is 20.3. The molecule has 11 heteroatoms. The van der Waals surface area contributed by atoms with Crippen molar-refractivity contribution in [3.63, 3.8) is 0 Å². The molecule has 0 aliphatic carbocycles.